The van der Waals surface area contributed by atoms with Gasteiger partial charge in [-0.25, -0.2) is 0 Å². The van der Waals surface area contributed by atoms with Gasteiger partial charge in [0.15, 0.2) is 0 Å². The number of rotatable bonds is 4. The van der Waals surface area contributed by atoms with Crippen LogP contribution in [0.4, 0.5) is 0 Å². The summed E-state index contributed by atoms with van der Waals surface area (Å²) in [6.45, 7) is 11.4. The van der Waals surface area contributed by atoms with Crippen molar-refractivity contribution in [3.63, 3.8) is 0 Å². The van der Waals surface area contributed by atoms with Crippen molar-refractivity contribution >= 4 is 5.57 Å². The summed E-state index contributed by atoms with van der Waals surface area (Å²) in [6.07, 6.45) is 4.83. The third-order valence-electron chi connectivity index (χ3n) is 6.55. The fourth-order valence-electron chi connectivity index (χ4n) is 4.82. The van der Waals surface area contributed by atoms with Crippen molar-refractivity contribution in [1.29, 1.82) is 0 Å². The van der Waals surface area contributed by atoms with Gasteiger partial charge in [0.1, 0.15) is 0 Å². The quantitative estimate of drug-likeness (QED) is 0.536. The van der Waals surface area contributed by atoms with Crippen LogP contribution in [-0.2, 0) is 6.42 Å². The molecule has 27 heavy (non-hydrogen) atoms. The minimum Gasteiger partial charge on any atom is -0.0672 e. The molecule has 1 radical (unpaired) electrons. The highest BCUT2D eigenvalue weighted by atomic mass is 14.4. The molecule has 2 aliphatic rings. The first-order valence-electron chi connectivity index (χ1n) is 10.2. The summed E-state index contributed by atoms with van der Waals surface area (Å²) < 4.78 is 0. The number of fused-ring (bicyclic) bond motifs is 1. The lowest BCUT2D eigenvalue weighted by Crippen LogP contribution is -2.08. The molecule has 2 aromatic carbocycles. The van der Waals surface area contributed by atoms with Crippen molar-refractivity contribution in [2.45, 2.75) is 53.4 Å². The van der Waals surface area contributed by atoms with E-state index < -0.39 is 0 Å². The second-order valence-electron chi connectivity index (χ2n) is 7.97. The number of benzene rings is 2. The van der Waals surface area contributed by atoms with Crippen molar-refractivity contribution in [1.82, 2.24) is 0 Å². The first kappa shape index (κ1) is 18.0. The smallest absolute Gasteiger partial charge is 0.0370 e. The van der Waals surface area contributed by atoms with Gasteiger partial charge in [-0.1, -0.05) is 79.1 Å². The zero-order chi connectivity index (χ0) is 19.1. The summed E-state index contributed by atoms with van der Waals surface area (Å²) in [5, 5.41) is 0. The van der Waals surface area contributed by atoms with Crippen LogP contribution in [-0.4, -0.2) is 0 Å². The van der Waals surface area contributed by atoms with Gasteiger partial charge >= 0.3 is 0 Å². The van der Waals surface area contributed by atoms with Crippen LogP contribution in [0.5, 0.6) is 0 Å². The van der Waals surface area contributed by atoms with E-state index in [1.54, 1.807) is 0 Å². The molecule has 1 atom stereocenters. The molecule has 0 aliphatic heterocycles. The summed E-state index contributed by atoms with van der Waals surface area (Å²) in [5.41, 5.74) is 13.0. The second-order valence-corrected chi connectivity index (χ2v) is 7.97. The molecule has 0 spiro atoms. The van der Waals surface area contributed by atoms with Gasteiger partial charge in [0, 0.05) is 11.8 Å². The Labute approximate surface area is 164 Å². The first-order valence-corrected chi connectivity index (χ1v) is 10.2. The van der Waals surface area contributed by atoms with Crippen LogP contribution in [0.1, 0.15) is 69.2 Å². The fourth-order valence-corrected chi connectivity index (χ4v) is 4.82. The standard InChI is InChI=1S/C27H29/c1-6-11-21-12-7-8-13-22(21)25-16-26(24-15-10-9-14-23(24)25)27-19(4)17(2)18(3)20(27)5/h7-10,12-16,26H,6,11H2,1-5H3. The Bertz CT molecular complexity index is 957. The molecule has 1 unspecified atom stereocenters. The van der Waals surface area contributed by atoms with Gasteiger partial charge in [-0.3, -0.25) is 0 Å². The Hall–Kier alpha value is -2.34. The van der Waals surface area contributed by atoms with E-state index in [2.05, 4.69) is 89.2 Å². The second kappa shape index (κ2) is 7.00. The van der Waals surface area contributed by atoms with Crippen LogP contribution in [0.2, 0.25) is 0 Å². The zero-order valence-corrected chi connectivity index (χ0v) is 17.2. The highest BCUT2D eigenvalue weighted by molar-refractivity contribution is 5.88. The van der Waals surface area contributed by atoms with Crippen LogP contribution >= 0.6 is 0 Å². The summed E-state index contributed by atoms with van der Waals surface area (Å²) in [6, 6.07) is 17.9. The molecule has 0 amide bonds. The average molecular weight is 354 g/mol. The predicted molar refractivity (Wildman–Crippen MR) is 117 cm³/mol. The van der Waals surface area contributed by atoms with Gasteiger partial charge in [0.25, 0.3) is 0 Å². The van der Waals surface area contributed by atoms with E-state index >= 15 is 0 Å². The summed E-state index contributed by atoms with van der Waals surface area (Å²) in [7, 11) is 0. The molecule has 2 aliphatic carbocycles. The Kier molecular flexibility index (Phi) is 4.68. The van der Waals surface area contributed by atoms with E-state index in [4.69, 9.17) is 0 Å². The Morgan fingerprint density at radius 1 is 0.704 bits per heavy atom. The molecule has 0 N–H and O–H groups in total. The van der Waals surface area contributed by atoms with Crippen molar-refractivity contribution in [2.75, 3.05) is 0 Å². The average Bonchev–Trinajstić information content (AvgIpc) is 3.14. The lowest BCUT2D eigenvalue weighted by Gasteiger charge is -2.22. The molecule has 0 saturated heterocycles. The van der Waals surface area contributed by atoms with Gasteiger partial charge in [0.05, 0.1) is 0 Å². The van der Waals surface area contributed by atoms with E-state index in [0.29, 0.717) is 5.92 Å². The molecular weight excluding hydrogens is 324 g/mol. The lowest BCUT2D eigenvalue weighted by atomic mass is 9.81. The molecule has 0 heterocycles. The predicted octanol–water partition coefficient (Wildman–Crippen LogP) is 7.43. The van der Waals surface area contributed by atoms with Gasteiger partial charge in [-0.05, 0) is 73.1 Å². The summed E-state index contributed by atoms with van der Waals surface area (Å²) >= 11 is 0. The Morgan fingerprint density at radius 3 is 1.96 bits per heavy atom. The molecule has 137 valence electrons. The van der Waals surface area contributed by atoms with Crippen LogP contribution in [0.15, 0.2) is 76.9 Å². The van der Waals surface area contributed by atoms with Crippen molar-refractivity contribution < 1.29 is 0 Å². The van der Waals surface area contributed by atoms with Crippen molar-refractivity contribution in [2.24, 2.45) is 0 Å². The Morgan fingerprint density at radius 2 is 1.30 bits per heavy atom. The minimum atomic E-state index is 0.360. The van der Waals surface area contributed by atoms with Crippen LogP contribution in [0.3, 0.4) is 0 Å². The number of aryl methyl sites for hydroxylation is 1. The first-order chi connectivity index (χ1) is 13.0. The van der Waals surface area contributed by atoms with E-state index in [1.807, 2.05) is 0 Å². The topological polar surface area (TPSA) is 0 Å². The number of allylic oxidation sites excluding steroid dienone is 5. The largest absolute Gasteiger partial charge is 0.0672 e. The third-order valence-corrected chi connectivity index (χ3v) is 6.55. The molecule has 4 rings (SSSR count). The van der Waals surface area contributed by atoms with Crippen molar-refractivity contribution in [3.05, 3.63) is 105 Å². The molecule has 0 heteroatoms. The third kappa shape index (κ3) is 2.83. The molecule has 0 nitrogen and oxygen atoms in total. The molecule has 0 fully saturated rings. The van der Waals surface area contributed by atoms with Crippen LogP contribution in [0, 0.1) is 5.92 Å². The van der Waals surface area contributed by atoms with E-state index in [9.17, 15) is 0 Å². The zero-order valence-electron chi connectivity index (χ0n) is 17.2. The summed E-state index contributed by atoms with van der Waals surface area (Å²) in [5.74, 6) is 1.87. The minimum absolute atomic E-state index is 0.360. The SMILES string of the molecule is CCCc1ccccc1C1=CC([C]2C(C)=C(C)C(C)=C2C)c2ccccc21. The van der Waals surface area contributed by atoms with Gasteiger partial charge in [-0.2, -0.15) is 0 Å². The maximum Gasteiger partial charge on any atom is 0.0370 e. The molecular formula is C27H29. The van der Waals surface area contributed by atoms with Crippen molar-refractivity contribution in [3.8, 4) is 0 Å². The summed E-state index contributed by atoms with van der Waals surface area (Å²) in [4.78, 5) is 0. The van der Waals surface area contributed by atoms with E-state index in [0.717, 1.165) is 6.42 Å². The monoisotopic (exact) mass is 353 g/mol. The van der Waals surface area contributed by atoms with Crippen LogP contribution in [0.25, 0.3) is 5.57 Å². The molecule has 0 bridgehead atoms. The Balaban J connectivity index is 1.87. The molecule has 0 aromatic heterocycles. The normalized spacial score (nSPS) is 19.7. The highest BCUT2D eigenvalue weighted by Gasteiger charge is 2.36. The highest BCUT2D eigenvalue weighted by Crippen LogP contribution is 2.52. The van der Waals surface area contributed by atoms with E-state index in [-0.39, 0.29) is 0 Å². The fraction of sp³-hybridized carbons (Fsp3) is 0.296. The van der Waals surface area contributed by atoms with Gasteiger partial charge in [-0.15, -0.1) is 0 Å². The molecule has 0 saturated carbocycles. The lowest BCUT2D eigenvalue weighted by molar-refractivity contribution is 0.898. The number of hydrogen-bond donors (Lipinski definition) is 0. The van der Waals surface area contributed by atoms with Gasteiger partial charge in [0.2, 0.25) is 0 Å². The molecule has 2 aromatic rings. The van der Waals surface area contributed by atoms with Crippen LogP contribution < -0.4 is 0 Å². The maximum absolute atomic E-state index is 2.52. The maximum atomic E-state index is 2.52. The van der Waals surface area contributed by atoms with E-state index in [1.165, 1.54) is 62.5 Å². The van der Waals surface area contributed by atoms with Gasteiger partial charge < -0.3 is 0 Å². The number of hydrogen-bond acceptors (Lipinski definition) is 0.